The molecule has 0 spiro atoms. The van der Waals surface area contributed by atoms with Crippen molar-refractivity contribution in [3.63, 3.8) is 0 Å². The predicted octanol–water partition coefficient (Wildman–Crippen LogP) is 3.48. The number of benzene rings is 2. The van der Waals surface area contributed by atoms with Crippen molar-refractivity contribution < 1.29 is 13.2 Å². The molecular formula is C14H14O3S2. The number of rotatable bonds is 4. The van der Waals surface area contributed by atoms with E-state index in [1.807, 2.05) is 19.1 Å². The van der Waals surface area contributed by atoms with Gasteiger partial charge in [-0.25, -0.2) is 8.42 Å². The zero-order valence-corrected chi connectivity index (χ0v) is 12.3. The standard InChI is InChI=1S/C14H14O3S2/c1-11-3-7-13(8-4-11)18-19(15,16)14-9-5-12(17-2)6-10-14/h3-10H,1-2H3. The summed E-state index contributed by atoms with van der Waals surface area (Å²) in [5.41, 5.74) is 1.10. The molecule has 0 saturated carbocycles. The summed E-state index contributed by atoms with van der Waals surface area (Å²) in [6, 6.07) is 13.8. The molecule has 0 aromatic heterocycles. The third-order valence-electron chi connectivity index (χ3n) is 2.58. The highest BCUT2D eigenvalue weighted by Crippen LogP contribution is 2.31. The molecule has 5 heteroatoms. The Morgan fingerprint density at radius 2 is 1.53 bits per heavy atom. The van der Waals surface area contributed by atoms with Crippen LogP contribution in [0.15, 0.2) is 58.3 Å². The molecule has 0 amide bonds. The summed E-state index contributed by atoms with van der Waals surface area (Å²) < 4.78 is 29.4. The van der Waals surface area contributed by atoms with Crippen LogP contribution in [0.4, 0.5) is 0 Å². The second-order valence-corrected chi connectivity index (χ2v) is 7.86. The fourth-order valence-electron chi connectivity index (χ4n) is 1.51. The van der Waals surface area contributed by atoms with E-state index in [-0.39, 0.29) is 4.90 Å². The van der Waals surface area contributed by atoms with Gasteiger partial charge in [-0.15, -0.1) is 0 Å². The van der Waals surface area contributed by atoms with Crippen LogP contribution in [0.1, 0.15) is 5.56 Å². The van der Waals surface area contributed by atoms with E-state index in [9.17, 15) is 8.42 Å². The van der Waals surface area contributed by atoms with Crippen LogP contribution in [-0.2, 0) is 8.87 Å². The zero-order chi connectivity index (χ0) is 13.9. The zero-order valence-electron chi connectivity index (χ0n) is 10.7. The quantitative estimate of drug-likeness (QED) is 0.810. The normalized spacial score (nSPS) is 11.3. The van der Waals surface area contributed by atoms with E-state index in [2.05, 4.69) is 0 Å². The van der Waals surface area contributed by atoms with Crippen LogP contribution in [0.5, 0.6) is 5.75 Å². The van der Waals surface area contributed by atoms with Crippen LogP contribution < -0.4 is 4.74 Å². The lowest BCUT2D eigenvalue weighted by atomic mass is 10.2. The minimum Gasteiger partial charge on any atom is -0.497 e. The molecule has 0 N–H and O–H groups in total. The van der Waals surface area contributed by atoms with Gasteiger partial charge < -0.3 is 4.74 Å². The van der Waals surface area contributed by atoms with Crippen molar-refractivity contribution in [3.8, 4) is 5.75 Å². The Morgan fingerprint density at radius 1 is 0.947 bits per heavy atom. The Labute approximate surface area is 116 Å². The lowest BCUT2D eigenvalue weighted by Gasteiger charge is -2.05. The Bertz CT molecular complexity index is 644. The molecule has 0 unspecified atom stereocenters. The smallest absolute Gasteiger partial charge is 0.234 e. The van der Waals surface area contributed by atoms with Crippen molar-refractivity contribution >= 4 is 19.7 Å². The highest BCUT2D eigenvalue weighted by molar-refractivity contribution is 8.72. The molecule has 0 heterocycles. The molecule has 0 atom stereocenters. The molecule has 3 nitrogen and oxygen atoms in total. The van der Waals surface area contributed by atoms with E-state index in [1.54, 1.807) is 43.5 Å². The number of hydrogen-bond donors (Lipinski definition) is 0. The molecule has 0 fully saturated rings. The fourth-order valence-corrected chi connectivity index (χ4v) is 4.29. The van der Waals surface area contributed by atoms with E-state index in [0.29, 0.717) is 10.6 Å². The summed E-state index contributed by atoms with van der Waals surface area (Å²) in [4.78, 5) is 0.986. The lowest BCUT2D eigenvalue weighted by molar-refractivity contribution is 0.414. The van der Waals surface area contributed by atoms with Gasteiger partial charge in [0.15, 0.2) is 0 Å². The monoisotopic (exact) mass is 294 g/mol. The first kappa shape index (κ1) is 14.0. The second kappa shape index (κ2) is 5.67. The molecule has 0 saturated heterocycles. The first-order chi connectivity index (χ1) is 9.01. The van der Waals surface area contributed by atoms with Gasteiger partial charge in [-0.2, -0.15) is 0 Å². The van der Waals surface area contributed by atoms with Gasteiger partial charge in [0.25, 0.3) is 0 Å². The predicted molar refractivity (Wildman–Crippen MR) is 77.2 cm³/mol. The van der Waals surface area contributed by atoms with Crippen LogP contribution in [0.3, 0.4) is 0 Å². The van der Waals surface area contributed by atoms with Crippen LogP contribution in [0.2, 0.25) is 0 Å². The van der Waals surface area contributed by atoms with Crippen molar-refractivity contribution in [1.29, 1.82) is 0 Å². The van der Waals surface area contributed by atoms with Crippen molar-refractivity contribution in [3.05, 3.63) is 54.1 Å². The Morgan fingerprint density at radius 3 is 2.05 bits per heavy atom. The van der Waals surface area contributed by atoms with Crippen LogP contribution in [-0.4, -0.2) is 15.5 Å². The third kappa shape index (κ3) is 3.52. The van der Waals surface area contributed by atoms with Gasteiger partial charge in [-0.05, 0) is 43.3 Å². The first-order valence-electron chi connectivity index (χ1n) is 5.66. The van der Waals surface area contributed by atoms with E-state index >= 15 is 0 Å². The second-order valence-electron chi connectivity index (χ2n) is 4.03. The van der Waals surface area contributed by atoms with E-state index in [4.69, 9.17) is 4.74 Å². The largest absolute Gasteiger partial charge is 0.497 e. The summed E-state index contributed by atoms with van der Waals surface area (Å²) in [6.45, 7) is 1.96. The Kier molecular flexibility index (Phi) is 4.17. The van der Waals surface area contributed by atoms with Gasteiger partial charge in [-0.3, -0.25) is 0 Å². The molecule has 0 radical (unpaired) electrons. The summed E-state index contributed by atoms with van der Waals surface area (Å²) in [5, 5.41) is 0. The molecule has 0 aliphatic heterocycles. The average Bonchev–Trinajstić information content (AvgIpc) is 2.41. The van der Waals surface area contributed by atoms with Gasteiger partial charge in [0.1, 0.15) is 5.75 Å². The minimum atomic E-state index is -3.39. The molecule has 2 aromatic rings. The molecule has 19 heavy (non-hydrogen) atoms. The van der Waals surface area contributed by atoms with E-state index < -0.39 is 8.87 Å². The number of methoxy groups -OCH3 is 1. The van der Waals surface area contributed by atoms with Gasteiger partial charge in [0, 0.05) is 15.7 Å². The SMILES string of the molecule is COc1ccc(S(=O)(=O)Sc2ccc(C)cc2)cc1. The maximum absolute atomic E-state index is 12.2. The fraction of sp³-hybridized carbons (Fsp3) is 0.143. The van der Waals surface area contributed by atoms with Crippen LogP contribution in [0.25, 0.3) is 0 Å². The average molecular weight is 294 g/mol. The molecule has 0 bridgehead atoms. The van der Waals surface area contributed by atoms with Gasteiger partial charge >= 0.3 is 0 Å². The minimum absolute atomic E-state index is 0.277. The lowest BCUT2D eigenvalue weighted by Crippen LogP contribution is -1.95. The molecule has 2 rings (SSSR count). The van der Waals surface area contributed by atoms with E-state index in [0.717, 1.165) is 16.4 Å². The van der Waals surface area contributed by atoms with Crippen molar-refractivity contribution in [2.45, 2.75) is 16.7 Å². The topological polar surface area (TPSA) is 43.4 Å². The summed E-state index contributed by atoms with van der Waals surface area (Å²) >= 11 is 0. The van der Waals surface area contributed by atoms with Crippen molar-refractivity contribution in [2.75, 3.05) is 7.11 Å². The van der Waals surface area contributed by atoms with E-state index in [1.165, 1.54) is 0 Å². The van der Waals surface area contributed by atoms with Gasteiger partial charge in [-0.1, -0.05) is 17.7 Å². The summed E-state index contributed by atoms with van der Waals surface area (Å²) in [7, 11) is -0.991. The maximum Gasteiger partial charge on any atom is 0.234 e. The molecule has 100 valence electrons. The first-order valence-corrected chi connectivity index (χ1v) is 8.48. The number of ether oxygens (including phenoxy) is 1. The van der Waals surface area contributed by atoms with Gasteiger partial charge in [0.05, 0.1) is 12.0 Å². The highest BCUT2D eigenvalue weighted by atomic mass is 33.1. The Balaban J connectivity index is 2.24. The molecule has 0 aliphatic carbocycles. The van der Waals surface area contributed by atoms with Crippen LogP contribution in [0, 0.1) is 6.92 Å². The highest BCUT2D eigenvalue weighted by Gasteiger charge is 2.16. The molecule has 0 aliphatic rings. The van der Waals surface area contributed by atoms with Crippen molar-refractivity contribution in [1.82, 2.24) is 0 Å². The summed E-state index contributed by atoms with van der Waals surface area (Å²) in [6.07, 6.45) is 0. The number of hydrogen-bond acceptors (Lipinski definition) is 4. The van der Waals surface area contributed by atoms with Crippen molar-refractivity contribution in [2.24, 2.45) is 0 Å². The van der Waals surface area contributed by atoms with Gasteiger partial charge in [0.2, 0.25) is 8.87 Å². The third-order valence-corrected chi connectivity index (χ3v) is 5.92. The maximum atomic E-state index is 12.2. The van der Waals surface area contributed by atoms with Crippen LogP contribution >= 0.6 is 10.8 Å². The Hall–Kier alpha value is -1.46. The number of aryl methyl sites for hydroxylation is 1. The summed E-state index contributed by atoms with van der Waals surface area (Å²) in [5.74, 6) is 0.638. The molecule has 2 aromatic carbocycles. The molecular weight excluding hydrogens is 280 g/mol.